The van der Waals surface area contributed by atoms with Gasteiger partial charge in [0.2, 0.25) is 5.70 Å². The van der Waals surface area contributed by atoms with Crippen molar-refractivity contribution in [2.24, 2.45) is 10.8 Å². The highest BCUT2D eigenvalue weighted by Crippen LogP contribution is 2.51. The Morgan fingerprint density at radius 3 is 2.72 bits per heavy atom. The van der Waals surface area contributed by atoms with Gasteiger partial charge in [-0.05, 0) is 19.3 Å². The molecule has 2 aliphatic rings. The van der Waals surface area contributed by atoms with Crippen LogP contribution in [0.15, 0.2) is 11.8 Å². The van der Waals surface area contributed by atoms with Crippen LogP contribution >= 0.6 is 0 Å². The Labute approximate surface area is 109 Å². The SMILES string of the molecule is [C-]#[N+]C1=C[C@@]2(C)CC[C@H](CC)O[C@@H]2C(C)(C)C1=O. The van der Waals surface area contributed by atoms with Crippen LogP contribution in [0, 0.1) is 17.4 Å². The zero-order valence-corrected chi connectivity index (χ0v) is 11.6. The third-order valence-electron chi connectivity index (χ3n) is 4.45. The molecular formula is C15H21NO2. The lowest BCUT2D eigenvalue weighted by molar-refractivity contribution is -0.171. The first-order valence-corrected chi connectivity index (χ1v) is 6.65. The number of fused-ring (bicyclic) bond motifs is 1. The van der Waals surface area contributed by atoms with Gasteiger partial charge in [-0.1, -0.05) is 33.8 Å². The smallest absolute Gasteiger partial charge is 0.226 e. The first-order valence-electron chi connectivity index (χ1n) is 6.65. The van der Waals surface area contributed by atoms with E-state index in [1.54, 1.807) is 0 Å². The average Bonchev–Trinajstić information content (AvgIpc) is 2.34. The summed E-state index contributed by atoms with van der Waals surface area (Å²) in [6.07, 6.45) is 4.97. The maximum atomic E-state index is 12.3. The Morgan fingerprint density at radius 1 is 1.50 bits per heavy atom. The fourth-order valence-corrected chi connectivity index (χ4v) is 3.37. The summed E-state index contributed by atoms with van der Waals surface area (Å²) in [5, 5.41) is 0. The largest absolute Gasteiger partial charge is 0.373 e. The Morgan fingerprint density at radius 2 is 2.17 bits per heavy atom. The lowest BCUT2D eigenvalue weighted by atomic mass is 9.61. The van der Waals surface area contributed by atoms with Crippen molar-refractivity contribution in [1.82, 2.24) is 0 Å². The van der Waals surface area contributed by atoms with Crippen LogP contribution in [-0.2, 0) is 9.53 Å². The molecule has 0 N–H and O–H groups in total. The van der Waals surface area contributed by atoms with Crippen LogP contribution in [0.5, 0.6) is 0 Å². The third kappa shape index (κ3) is 1.80. The van der Waals surface area contributed by atoms with Crippen LogP contribution < -0.4 is 0 Å². The minimum atomic E-state index is -0.600. The average molecular weight is 247 g/mol. The number of hydrogen-bond acceptors (Lipinski definition) is 2. The Bertz CT molecular complexity index is 444. The number of Topliss-reactive ketones (excluding diaryl/α,β-unsaturated/α-hetero) is 1. The number of ether oxygens (including phenoxy) is 1. The van der Waals surface area contributed by atoms with Gasteiger partial charge >= 0.3 is 0 Å². The zero-order valence-electron chi connectivity index (χ0n) is 11.6. The summed E-state index contributed by atoms with van der Waals surface area (Å²) in [4.78, 5) is 15.7. The summed E-state index contributed by atoms with van der Waals surface area (Å²) in [5.41, 5.74) is -0.488. The molecule has 1 fully saturated rings. The lowest BCUT2D eigenvalue weighted by Gasteiger charge is -2.51. The van der Waals surface area contributed by atoms with Crippen molar-refractivity contribution in [3.63, 3.8) is 0 Å². The highest BCUT2D eigenvalue weighted by atomic mass is 16.5. The Balaban J connectivity index is 2.45. The monoisotopic (exact) mass is 247 g/mol. The highest BCUT2D eigenvalue weighted by Gasteiger charge is 2.54. The first kappa shape index (κ1) is 13.3. The number of hydrogen-bond donors (Lipinski definition) is 0. The van der Waals surface area contributed by atoms with Crippen LogP contribution in [0.1, 0.15) is 47.0 Å². The molecule has 0 saturated carbocycles. The quantitative estimate of drug-likeness (QED) is 0.665. The van der Waals surface area contributed by atoms with Gasteiger partial charge in [-0.2, -0.15) is 0 Å². The van der Waals surface area contributed by atoms with E-state index in [0.717, 1.165) is 19.3 Å². The van der Waals surface area contributed by atoms with E-state index >= 15 is 0 Å². The second-order valence-corrected chi connectivity index (χ2v) is 6.28. The molecule has 3 atom stereocenters. The molecule has 1 aliphatic carbocycles. The van der Waals surface area contributed by atoms with Crippen molar-refractivity contribution in [1.29, 1.82) is 0 Å². The molecule has 1 aliphatic heterocycles. The van der Waals surface area contributed by atoms with Gasteiger partial charge in [-0.25, -0.2) is 4.85 Å². The maximum Gasteiger partial charge on any atom is 0.226 e. The van der Waals surface area contributed by atoms with Crippen molar-refractivity contribution in [2.75, 3.05) is 0 Å². The minimum Gasteiger partial charge on any atom is -0.373 e. The van der Waals surface area contributed by atoms with Crippen molar-refractivity contribution >= 4 is 5.78 Å². The third-order valence-corrected chi connectivity index (χ3v) is 4.45. The summed E-state index contributed by atoms with van der Waals surface area (Å²) >= 11 is 0. The van der Waals surface area contributed by atoms with Crippen molar-refractivity contribution in [3.05, 3.63) is 23.2 Å². The molecule has 18 heavy (non-hydrogen) atoms. The predicted molar refractivity (Wildman–Crippen MR) is 69.8 cm³/mol. The number of nitrogens with zero attached hydrogens (tertiary/aromatic N) is 1. The predicted octanol–water partition coefficient (Wildman–Crippen LogP) is 3.36. The molecule has 0 aromatic carbocycles. The molecule has 2 rings (SSSR count). The minimum absolute atomic E-state index is 0.0725. The molecule has 1 saturated heterocycles. The summed E-state index contributed by atoms with van der Waals surface area (Å²) < 4.78 is 6.15. The van der Waals surface area contributed by atoms with E-state index in [-0.39, 0.29) is 29.1 Å². The number of carbonyl (C=O) groups excluding carboxylic acids is 1. The molecule has 0 amide bonds. The number of rotatable bonds is 1. The molecule has 0 aromatic rings. The Kier molecular flexibility index (Phi) is 3.11. The highest BCUT2D eigenvalue weighted by molar-refractivity contribution is 6.02. The molecule has 3 nitrogen and oxygen atoms in total. The van der Waals surface area contributed by atoms with Gasteiger partial charge in [0, 0.05) is 10.8 Å². The fourth-order valence-electron chi connectivity index (χ4n) is 3.37. The van der Waals surface area contributed by atoms with Gasteiger partial charge in [0.25, 0.3) is 0 Å². The van der Waals surface area contributed by atoms with E-state index in [9.17, 15) is 4.79 Å². The zero-order chi connectivity index (χ0) is 13.6. The summed E-state index contributed by atoms with van der Waals surface area (Å²) in [6, 6.07) is 0. The topological polar surface area (TPSA) is 30.7 Å². The van der Waals surface area contributed by atoms with Crippen LogP contribution in [0.25, 0.3) is 4.85 Å². The van der Waals surface area contributed by atoms with E-state index in [4.69, 9.17) is 11.3 Å². The second-order valence-electron chi connectivity index (χ2n) is 6.28. The lowest BCUT2D eigenvalue weighted by Crippen LogP contribution is -2.55. The first-order chi connectivity index (χ1) is 8.35. The van der Waals surface area contributed by atoms with E-state index in [2.05, 4.69) is 18.7 Å². The molecule has 98 valence electrons. The second kappa shape index (κ2) is 4.20. The summed E-state index contributed by atoms with van der Waals surface area (Å²) in [5.74, 6) is -0.0725. The van der Waals surface area contributed by atoms with E-state index in [1.165, 1.54) is 0 Å². The molecule has 3 heteroatoms. The molecule has 0 unspecified atom stereocenters. The van der Waals surface area contributed by atoms with Gasteiger partial charge in [-0.3, -0.25) is 0 Å². The molecule has 0 bridgehead atoms. The van der Waals surface area contributed by atoms with Crippen LogP contribution in [0.3, 0.4) is 0 Å². The van der Waals surface area contributed by atoms with Gasteiger partial charge in [0.1, 0.15) is 0 Å². The van der Waals surface area contributed by atoms with Crippen LogP contribution in [0.2, 0.25) is 0 Å². The fraction of sp³-hybridized carbons (Fsp3) is 0.733. The molecule has 0 aromatic heterocycles. The van der Waals surface area contributed by atoms with Crippen molar-refractivity contribution < 1.29 is 9.53 Å². The number of carbonyl (C=O) groups is 1. The van der Waals surface area contributed by atoms with Gasteiger partial charge in [0.05, 0.1) is 18.8 Å². The van der Waals surface area contributed by atoms with Crippen molar-refractivity contribution in [3.8, 4) is 0 Å². The van der Waals surface area contributed by atoms with Crippen molar-refractivity contribution in [2.45, 2.75) is 59.2 Å². The normalized spacial score (nSPS) is 38.6. The molecular weight excluding hydrogens is 226 g/mol. The number of ketones is 1. The standard InChI is InChI=1S/C15H21NO2/c1-6-10-7-8-15(4)9-11(16-5)12(17)14(2,3)13(15)18-10/h9-10,13H,6-8H2,1-4H3/t10-,13+,15+/m0/s1. The van der Waals surface area contributed by atoms with Gasteiger partial charge in [0.15, 0.2) is 5.78 Å². The van der Waals surface area contributed by atoms with Crippen LogP contribution in [0.4, 0.5) is 0 Å². The van der Waals surface area contributed by atoms with Crippen LogP contribution in [-0.4, -0.2) is 18.0 Å². The summed E-state index contributed by atoms with van der Waals surface area (Å²) in [7, 11) is 0. The molecule has 1 heterocycles. The summed E-state index contributed by atoms with van der Waals surface area (Å²) in [6.45, 7) is 15.2. The van der Waals surface area contributed by atoms with Gasteiger partial charge in [-0.15, -0.1) is 0 Å². The van der Waals surface area contributed by atoms with E-state index in [0.29, 0.717) is 0 Å². The number of allylic oxidation sites excluding steroid dienone is 1. The Hall–Kier alpha value is -1.14. The molecule has 0 spiro atoms. The molecule has 0 radical (unpaired) electrons. The van der Waals surface area contributed by atoms with E-state index < -0.39 is 5.41 Å². The maximum absolute atomic E-state index is 12.3. The van der Waals surface area contributed by atoms with E-state index in [1.807, 2.05) is 19.9 Å². The van der Waals surface area contributed by atoms with Gasteiger partial charge < -0.3 is 9.53 Å².